The second kappa shape index (κ2) is 10.3. The number of rotatable bonds is 8. The molecular formula is C20H19N7O3. The Bertz CT molecular complexity index is 1060. The van der Waals surface area contributed by atoms with E-state index in [9.17, 15) is 4.79 Å². The number of amides is 1. The van der Waals surface area contributed by atoms with Crippen molar-refractivity contribution in [2.24, 2.45) is 12.2 Å². The SMILES string of the molecule is C#CCCNC(=O)Oc1cccc(CON=C(c2ccccc2)c2nnnn2C)n1. The van der Waals surface area contributed by atoms with Crippen LogP contribution in [-0.4, -0.2) is 43.5 Å². The van der Waals surface area contributed by atoms with E-state index in [1.165, 1.54) is 4.68 Å². The summed E-state index contributed by atoms with van der Waals surface area (Å²) in [7, 11) is 1.71. The molecule has 152 valence electrons. The van der Waals surface area contributed by atoms with Gasteiger partial charge in [0.2, 0.25) is 11.7 Å². The van der Waals surface area contributed by atoms with E-state index in [4.69, 9.17) is 16.0 Å². The minimum atomic E-state index is -0.630. The molecule has 0 spiro atoms. The zero-order valence-electron chi connectivity index (χ0n) is 16.2. The third kappa shape index (κ3) is 5.62. The van der Waals surface area contributed by atoms with E-state index in [1.54, 1.807) is 25.2 Å². The lowest BCUT2D eigenvalue weighted by molar-refractivity contribution is 0.127. The van der Waals surface area contributed by atoms with E-state index in [1.807, 2.05) is 30.3 Å². The molecule has 3 rings (SSSR count). The van der Waals surface area contributed by atoms with Crippen LogP contribution in [-0.2, 0) is 18.5 Å². The second-order valence-corrected chi connectivity index (χ2v) is 5.94. The van der Waals surface area contributed by atoms with E-state index in [2.05, 4.69) is 36.9 Å². The molecule has 10 nitrogen and oxygen atoms in total. The van der Waals surface area contributed by atoms with Crippen molar-refractivity contribution in [2.75, 3.05) is 6.54 Å². The molecular weight excluding hydrogens is 386 g/mol. The van der Waals surface area contributed by atoms with Crippen LogP contribution in [0.5, 0.6) is 5.88 Å². The fourth-order valence-electron chi connectivity index (χ4n) is 2.37. The van der Waals surface area contributed by atoms with Crippen LogP contribution in [0.2, 0.25) is 0 Å². The van der Waals surface area contributed by atoms with Crippen molar-refractivity contribution in [3.05, 3.63) is 65.6 Å². The Morgan fingerprint density at radius 2 is 2.07 bits per heavy atom. The maximum atomic E-state index is 11.7. The van der Waals surface area contributed by atoms with Gasteiger partial charge in [0.1, 0.15) is 0 Å². The molecule has 0 aliphatic carbocycles. The van der Waals surface area contributed by atoms with E-state index >= 15 is 0 Å². The number of ether oxygens (including phenoxy) is 1. The number of aryl methyl sites for hydroxylation is 1. The number of terminal acetylenes is 1. The average molecular weight is 405 g/mol. The van der Waals surface area contributed by atoms with Gasteiger partial charge in [0, 0.05) is 31.6 Å². The lowest BCUT2D eigenvalue weighted by atomic mass is 10.1. The lowest BCUT2D eigenvalue weighted by Gasteiger charge is -2.07. The maximum Gasteiger partial charge on any atom is 0.413 e. The number of hydrogen-bond donors (Lipinski definition) is 1. The second-order valence-electron chi connectivity index (χ2n) is 5.94. The van der Waals surface area contributed by atoms with Gasteiger partial charge in [-0.15, -0.1) is 17.4 Å². The molecule has 1 aromatic carbocycles. The monoisotopic (exact) mass is 405 g/mol. The summed E-state index contributed by atoms with van der Waals surface area (Å²) in [5, 5.41) is 18.2. The highest BCUT2D eigenvalue weighted by molar-refractivity contribution is 6.10. The summed E-state index contributed by atoms with van der Waals surface area (Å²) in [6.07, 6.45) is 4.93. The van der Waals surface area contributed by atoms with Crippen molar-refractivity contribution in [2.45, 2.75) is 13.0 Å². The Morgan fingerprint density at radius 1 is 1.23 bits per heavy atom. The molecule has 3 aromatic rings. The van der Waals surface area contributed by atoms with Crippen molar-refractivity contribution in [3.63, 3.8) is 0 Å². The number of nitrogens with zero attached hydrogens (tertiary/aromatic N) is 6. The molecule has 1 N–H and O–H groups in total. The number of nitrogens with one attached hydrogen (secondary N) is 1. The Morgan fingerprint density at radius 3 is 2.80 bits per heavy atom. The number of hydrogen-bond acceptors (Lipinski definition) is 8. The first-order chi connectivity index (χ1) is 14.7. The first kappa shape index (κ1) is 20.5. The van der Waals surface area contributed by atoms with Crippen LogP contribution < -0.4 is 10.1 Å². The van der Waals surface area contributed by atoms with Gasteiger partial charge in [-0.05, 0) is 16.5 Å². The van der Waals surface area contributed by atoms with E-state index in [0.29, 0.717) is 30.2 Å². The smallest absolute Gasteiger partial charge is 0.391 e. The summed E-state index contributed by atoms with van der Waals surface area (Å²) in [6.45, 7) is 0.379. The number of carbonyl (C=O) groups excluding carboxylic acids is 1. The molecule has 10 heteroatoms. The first-order valence-corrected chi connectivity index (χ1v) is 9.00. The van der Waals surface area contributed by atoms with Gasteiger partial charge in [-0.2, -0.15) is 0 Å². The van der Waals surface area contributed by atoms with Crippen molar-refractivity contribution < 1.29 is 14.4 Å². The molecule has 1 amide bonds. The van der Waals surface area contributed by atoms with Crippen LogP contribution >= 0.6 is 0 Å². The standard InChI is InChI=1S/C20H19N7O3/c1-3-4-13-21-20(28)30-17-12-8-11-16(22-17)14-29-24-18(15-9-6-5-7-10-15)19-23-25-26-27(19)2/h1,5-12H,4,13-14H2,2H3,(H,21,28). The van der Waals surface area contributed by atoms with Crippen LogP contribution in [0.1, 0.15) is 23.5 Å². The van der Waals surface area contributed by atoms with Crippen LogP contribution in [0.3, 0.4) is 0 Å². The van der Waals surface area contributed by atoms with Gasteiger partial charge in [-0.1, -0.05) is 41.6 Å². The number of tetrazole rings is 1. The van der Waals surface area contributed by atoms with E-state index in [0.717, 1.165) is 5.56 Å². The highest BCUT2D eigenvalue weighted by atomic mass is 16.6. The molecule has 2 heterocycles. The highest BCUT2D eigenvalue weighted by Crippen LogP contribution is 2.11. The van der Waals surface area contributed by atoms with E-state index in [-0.39, 0.29) is 12.5 Å². The third-order valence-corrected chi connectivity index (χ3v) is 3.76. The van der Waals surface area contributed by atoms with Crippen molar-refractivity contribution in [1.82, 2.24) is 30.5 Å². The van der Waals surface area contributed by atoms with Crippen LogP contribution in [0.25, 0.3) is 0 Å². The van der Waals surface area contributed by atoms with Crippen LogP contribution in [0, 0.1) is 12.3 Å². The molecule has 0 atom stereocenters. The number of carbonyl (C=O) groups is 1. The first-order valence-electron chi connectivity index (χ1n) is 9.00. The number of oxime groups is 1. The molecule has 0 saturated heterocycles. The van der Waals surface area contributed by atoms with Crippen molar-refractivity contribution in [1.29, 1.82) is 0 Å². The van der Waals surface area contributed by atoms with Crippen LogP contribution in [0.15, 0.2) is 53.7 Å². The topological polar surface area (TPSA) is 116 Å². The fourth-order valence-corrected chi connectivity index (χ4v) is 2.37. The van der Waals surface area contributed by atoms with Crippen LogP contribution in [0.4, 0.5) is 4.79 Å². The van der Waals surface area contributed by atoms with Gasteiger partial charge in [-0.25, -0.2) is 14.5 Å². The van der Waals surface area contributed by atoms with Crippen molar-refractivity contribution >= 4 is 11.8 Å². The zero-order chi connectivity index (χ0) is 21.2. The largest absolute Gasteiger partial charge is 0.413 e. The molecule has 0 radical (unpaired) electrons. The lowest BCUT2D eigenvalue weighted by Crippen LogP contribution is -2.27. The quantitative estimate of drug-likeness (QED) is 0.262. The Kier molecular flexibility index (Phi) is 7.05. The van der Waals surface area contributed by atoms with Gasteiger partial charge in [0.25, 0.3) is 0 Å². The Balaban J connectivity index is 1.68. The van der Waals surface area contributed by atoms with E-state index < -0.39 is 6.09 Å². The maximum absolute atomic E-state index is 11.7. The Labute approximate surface area is 172 Å². The fraction of sp³-hybridized carbons (Fsp3) is 0.200. The molecule has 0 saturated carbocycles. The summed E-state index contributed by atoms with van der Waals surface area (Å²) in [6, 6.07) is 14.4. The number of benzene rings is 1. The van der Waals surface area contributed by atoms with Gasteiger partial charge in [0.05, 0.1) is 5.69 Å². The predicted octanol–water partition coefficient (Wildman–Crippen LogP) is 1.69. The molecule has 0 bridgehead atoms. The molecule has 0 unspecified atom stereocenters. The van der Waals surface area contributed by atoms with Gasteiger partial charge >= 0.3 is 6.09 Å². The summed E-state index contributed by atoms with van der Waals surface area (Å²) < 4.78 is 6.62. The summed E-state index contributed by atoms with van der Waals surface area (Å²) in [4.78, 5) is 21.4. The molecule has 0 aliphatic heterocycles. The average Bonchev–Trinajstić information content (AvgIpc) is 3.18. The summed E-state index contributed by atoms with van der Waals surface area (Å²) in [5.74, 6) is 3.02. The summed E-state index contributed by atoms with van der Waals surface area (Å²) in [5.41, 5.74) is 1.80. The molecule has 0 fully saturated rings. The predicted molar refractivity (Wildman–Crippen MR) is 107 cm³/mol. The highest BCUT2D eigenvalue weighted by Gasteiger charge is 2.15. The normalized spacial score (nSPS) is 10.9. The Hall–Kier alpha value is -4.26. The third-order valence-electron chi connectivity index (χ3n) is 3.76. The van der Waals surface area contributed by atoms with Gasteiger partial charge < -0.3 is 14.9 Å². The number of pyridine rings is 1. The van der Waals surface area contributed by atoms with Crippen molar-refractivity contribution in [3.8, 4) is 18.2 Å². The summed E-state index contributed by atoms with van der Waals surface area (Å²) >= 11 is 0. The minimum absolute atomic E-state index is 0.0531. The molecule has 2 aromatic heterocycles. The molecule has 0 aliphatic rings. The number of aromatic nitrogens is 5. The van der Waals surface area contributed by atoms with Gasteiger partial charge in [0.15, 0.2) is 12.3 Å². The molecule has 30 heavy (non-hydrogen) atoms. The minimum Gasteiger partial charge on any atom is -0.391 e. The van der Waals surface area contributed by atoms with Gasteiger partial charge in [-0.3, -0.25) is 0 Å². The zero-order valence-corrected chi connectivity index (χ0v) is 16.2.